The first-order valence-electron chi connectivity index (χ1n) is 6.56. The van der Waals surface area contributed by atoms with Crippen molar-refractivity contribution in [3.63, 3.8) is 0 Å². The van der Waals surface area contributed by atoms with Gasteiger partial charge in [0.05, 0.1) is 25.3 Å². The molecule has 0 unspecified atom stereocenters. The van der Waals surface area contributed by atoms with Crippen molar-refractivity contribution in [3.05, 3.63) is 35.1 Å². The summed E-state index contributed by atoms with van der Waals surface area (Å²) in [5.41, 5.74) is 0.806. The third-order valence-corrected chi connectivity index (χ3v) is 2.71. The molecule has 0 heterocycles. The smallest absolute Gasteiger partial charge is 0.251 e. The second-order valence-corrected chi connectivity index (χ2v) is 4.44. The topological polar surface area (TPSA) is 43.7 Å². The highest BCUT2D eigenvalue weighted by Crippen LogP contribution is 2.12. The van der Waals surface area contributed by atoms with Crippen molar-refractivity contribution < 1.29 is 23.4 Å². The number of benzene rings is 1. The van der Waals surface area contributed by atoms with Crippen LogP contribution < -0.4 is 0 Å². The Hall–Kier alpha value is -1.55. The van der Waals surface area contributed by atoms with Gasteiger partial charge in [-0.15, -0.1) is 0 Å². The Morgan fingerprint density at radius 2 is 1.95 bits per heavy atom. The van der Waals surface area contributed by atoms with Gasteiger partial charge in [-0.3, -0.25) is 4.90 Å². The monoisotopic (exact) mass is 301 g/mol. The summed E-state index contributed by atoms with van der Waals surface area (Å²) in [6.45, 7) is -0.486. The van der Waals surface area contributed by atoms with Crippen molar-refractivity contribution >= 4 is 0 Å². The van der Waals surface area contributed by atoms with Crippen molar-refractivity contribution in [1.29, 1.82) is 0 Å². The van der Waals surface area contributed by atoms with E-state index in [1.54, 1.807) is 0 Å². The summed E-state index contributed by atoms with van der Waals surface area (Å²) >= 11 is 0. The number of aliphatic hydroxyl groups is 2. The van der Waals surface area contributed by atoms with E-state index in [4.69, 9.17) is 10.2 Å². The van der Waals surface area contributed by atoms with Crippen LogP contribution in [0.2, 0.25) is 0 Å². The number of hydrogen-bond acceptors (Lipinski definition) is 3. The average molecular weight is 301 g/mol. The van der Waals surface area contributed by atoms with E-state index in [0.29, 0.717) is 5.56 Å². The lowest BCUT2D eigenvalue weighted by atomic mass is 10.1. The zero-order valence-corrected chi connectivity index (χ0v) is 11.5. The van der Waals surface area contributed by atoms with Gasteiger partial charge in [-0.1, -0.05) is 17.9 Å². The van der Waals surface area contributed by atoms with Crippen molar-refractivity contribution in [2.45, 2.75) is 19.4 Å². The molecule has 1 aromatic rings. The molecule has 21 heavy (non-hydrogen) atoms. The van der Waals surface area contributed by atoms with Crippen LogP contribution in [-0.2, 0) is 6.54 Å². The molecule has 0 atom stereocenters. The zero-order chi connectivity index (χ0) is 15.7. The van der Waals surface area contributed by atoms with Gasteiger partial charge in [0.1, 0.15) is 5.82 Å². The molecule has 116 valence electrons. The minimum atomic E-state index is -2.50. The lowest BCUT2D eigenvalue weighted by Gasteiger charge is -2.20. The third kappa shape index (κ3) is 6.63. The molecule has 0 aliphatic rings. The van der Waals surface area contributed by atoms with E-state index < -0.39 is 18.8 Å². The van der Waals surface area contributed by atoms with Gasteiger partial charge in [-0.2, -0.15) is 0 Å². The van der Waals surface area contributed by atoms with Gasteiger partial charge in [0.2, 0.25) is 0 Å². The van der Waals surface area contributed by atoms with Gasteiger partial charge in [-0.05, 0) is 17.7 Å². The molecule has 0 aliphatic carbocycles. The van der Waals surface area contributed by atoms with Crippen LogP contribution in [0.5, 0.6) is 0 Å². The van der Waals surface area contributed by atoms with Gasteiger partial charge in [-0.25, -0.2) is 13.2 Å². The maximum atomic E-state index is 13.6. The fourth-order valence-corrected chi connectivity index (χ4v) is 1.81. The SMILES string of the molecule is OCCC#Cc1cc(CN(CCO)CC(F)F)ccc1F. The summed E-state index contributed by atoms with van der Waals surface area (Å²) in [6, 6.07) is 4.23. The van der Waals surface area contributed by atoms with Crippen molar-refractivity contribution in [1.82, 2.24) is 4.90 Å². The molecule has 0 saturated carbocycles. The molecular formula is C15H18F3NO2. The summed E-state index contributed by atoms with van der Waals surface area (Å²) in [4.78, 5) is 1.39. The van der Waals surface area contributed by atoms with Gasteiger partial charge in [0, 0.05) is 19.5 Å². The summed E-state index contributed by atoms with van der Waals surface area (Å²) in [7, 11) is 0. The first-order valence-corrected chi connectivity index (χ1v) is 6.56. The summed E-state index contributed by atoms with van der Waals surface area (Å²) in [5, 5.41) is 17.5. The Bertz CT molecular complexity index is 497. The summed E-state index contributed by atoms with van der Waals surface area (Å²) < 4.78 is 38.4. The van der Waals surface area contributed by atoms with E-state index in [0.717, 1.165) is 0 Å². The number of hydrogen-bond donors (Lipinski definition) is 2. The van der Waals surface area contributed by atoms with E-state index >= 15 is 0 Å². The van der Waals surface area contributed by atoms with Crippen molar-refractivity contribution in [3.8, 4) is 11.8 Å². The van der Waals surface area contributed by atoms with E-state index in [-0.39, 0.29) is 38.3 Å². The molecule has 0 spiro atoms. The highest BCUT2D eigenvalue weighted by atomic mass is 19.3. The number of aliphatic hydroxyl groups excluding tert-OH is 2. The largest absolute Gasteiger partial charge is 0.395 e. The lowest BCUT2D eigenvalue weighted by molar-refractivity contribution is 0.0746. The van der Waals surface area contributed by atoms with Crippen molar-refractivity contribution in [2.24, 2.45) is 0 Å². The Balaban J connectivity index is 2.82. The second-order valence-electron chi connectivity index (χ2n) is 4.44. The zero-order valence-electron chi connectivity index (χ0n) is 11.5. The fraction of sp³-hybridized carbons (Fsp3) is 0.467. The predicted molar refractivity (Wildman–Crippen MR) is 73.3 cm³/mol. The van der Waals surface area contributed by atoms with Crippen LogP contribution in [0.3, 0.4) is 0 Å². The highest BCUT2D eigenvalue weighted by Gasteiger charge is 2.12. The number of nitrogens with zero attached hydrogens (tertiary/aromatic N) is 1. The Labute approximate surface area is 122 Å². The molecule has 0 aromatic heterocycles. The molecule has 0 aliphatic heterocycles. The van der Waals surface area contributed by atoms with Gasteiger partial charge >= 0.3 is 0 Å². The van der Waals surface area contributed by atoms with Gasteiger partial charge < -0.3 is 10.2 Å². The van der Waals surface area contributed by atoms with Crippen LogP contribution in [-0.4, -0.2) is 47.8 Å². The van der Waals surface area contributed by atoms with E-state index in [1.165, 1.54) is 23.1 Å². The normalized spacial score (nSPS) is 10.8. The number of halogens is 3. The van der Waals surface area contributed by atoms with Crippen LogP contribution >= 0.6 is 0 Å². The van der Waals surface area contributed by atoms with Crippen LogP contribution in [0.1, 0.15) is 17.5 Å². The first kappa shape index (κ1) is 17.5. The van der Waals surface area contributed by atoms with E-state index in [1.807, 2.05) is 0 Å². The van der Waals surface area contributed by atoms with E-state index in [9.17, 15) is 13.2 Å². The Morgan fingerprint density at radius 1 is 1.19 bits per heavy atom. The maximum Gasteiger partial charge on any atom is 0.251 e. The molecule has 2 N–H and O–H groups in total. The third-order valence-electron chi connectivity index (χ3n) is 2.71. The predicted octanol–water partition coefficient (Wildman–Crippen LogP) is 1.62. The molecule has 0 amide bonds. The summed E-state index contributed by atoms with van der Waals surface area (Å²) in [5.74, 6) is 4.72. The average Bonchev–Trinajstić information content (AvgIpc) is 2.42. The number of alkyl halides is 2. The van der Waals surface area contributed by atoms with Crippen LogP contribution in [0.4, 0.5) is 13.2 Å². The lowest BCUT2D eigenvalue weighted by Crippen LogP contribution is -2.31. The molecule has 6 heteroatoms. The molecule has 1 rings (SSSR count). The van der Waals surface area contributed by atoms with Crippen LogP contribution in [0.15, 0.2) is 18.2 Å². The highest BCUT2D eigenvalue weighted by molar-refractivity contribution is 5.38. The Morgan fingerprint density at radius 3 is 2.57 bits per heavy atom. The molecule has 1 aromatic carbocycles. The minimum Gasteiger partial charge on any atom is -0.395 e. The molecule has 0 fully saturated rings. The van der Waals surface area contributed by atoms with Crippen molar-refractivity contribution in [2.75, 3.05) is 26.3 Å². The maximum absolute atomic E-state index is 13.6. The molecule has 0 radical (unpaired) electrons. The fourth-order valence-electron chi connectivity index (χ4n) is 1.81. The quantitative estimate of drug-likeness (QED) is 0.752. The van der Waals surface area contributed by atoms with Gasteiger partial charge in [0.15, 0.2) is 0 Å². The minimum absolute atomic E-state index is 0.104. The van der Waals surface area contributed by atoms with E-state index in [2.05, 4.69) is 11.8 Å². The van der Waals surface area contributed by atoms with Crippen LogP contribution in [0, 0.1) is 17.7 Å². The standard InChI is InChI=1S/C15H18F3NO2/c16-14-5-4-12(9-13(14)3-1-2-7-20)10-19(6-8-21)11-15(17)18/h4-5,9,15,20-21H,2,6-8,10-11H2. The molecule has 0 saturated heterocycles. The Kier molecular flexibility index (Phi) is 7.83. The summed E-state index contributed by atoms with van der Waals surface area (Å²) in [6.07, 6.45) is -2.26. The van der Waals surface area contributed by atoms with Gasteiger partial charge in [0.25, 0.3) is 6.43 Å². The number of rotatable bonds is 7. The molecule has 3 nitrogen and oxygen atoms in total. The van der Waals surface area contributed by atoms with Crippen LogP contribution in [0.25, 0.3) is 0 Å². The first-order chi connectivity index (χ1) is 10.1. The molecular weight excluding hydrogens is 283 g/mol. The molecule has 0 bridgehead atoms. The second kappa shape index (κ2) is 9.40.